The van der Waals surface area contributed by atoms with E-state index < -0.39 is 0 Å². The molecular formula is C11H14ClN3O2. The van der Waals surface area contributed by atoms with Crippen LogP contribution in [0, 0.1) is 17.8 Å². The third-order valence-corrected chi connectivity index (χ3v) is 1.95. The Kier molecular flexibility index (Phi) is 4.85. The van der Waals surface area contributed by atoms with Crippen LogP contribution in [0.5, 0.6) is 6.01 Å². The second-order valence-electron chi connectivity index (χ2n) is 3.55. The molecule has 0 bridgehead atoms. The van der Waals surface area contributed by atoms with Crippen molar-refractivity contribution < 1.29 is 9.53 Å². The van der Waals surface area contributed by atoms with E-state index in [4.69, 9.17) is 16.3 Å². The standard InChI is InChI=1S/C11H14ClN3O2/c1-8(2)5-4-6-13-10(16)15-7-9(12)14-11(15)17-3/h7-8H,6H2,1-3H3,(H,13,16). The lowest BCUT2D eigenvalue weighted by Crippen LogP contribution is -2.28. The van der Waals surface area contributed by atoms with Crippen LogP contribution in [0.2, 0.25) is 5.15 Å². The fourth-order valence-corrected chi connectivity index (χ4v) is 1.26. The first-order chi connectivity index (χ1) is 8.04. The first-order valence-electron chi connectivity index (χ1n) is 5.10. The Hall–Kier alpha value is -1.67. The normalized spacial score (nSPS) is 9.71. The molecule has 0 aliphatic heterocycles. The van der Waals surface area contributed by atoms with Crippen LogP contribution in [0.4, 0.5) is 4.79 Å². The third-order valence-electron chi connectivity index (χ3n) is 1.76. The number of nitrogens with zero attached hydrogens (tertiary/aromatic N) is 2. The molecule has 5 nitrogen and oxygen atoms in total. The number of methoxy groups -OCH3 is 1. The van der Waals surface area contributed by atoms with Crippen LogP contribution in [0.1, 0.15) is 13.8 Å². The summed E-state index contributed by atoms with van der Waals surface area (Å²) in [5, 5.41) is 2.81. The molecule has 0 spiro atoms. The lowest BCUT2D eigenvalue weighted by atomic mass is 10.2. The minimum Gasteiger partial charge on any atom is -0.468 e. The lowest BCUT2D eigenvalue weighted by molar-refractivity contribution is 0.239. The number of ether oxygens (including phenoxy) is 1. The van der Waals surface area contributed by atoms with Gasteiger partial charge in [0.1, 0.15) is 0 Å². The smallest absolute Gasteiger partial charge is 0.330 e. The molecule has 0 radical (unpaired) electrons. The zero-order valence-corrected chi connectivity index (χ0v) is 10.7. The van der Waals surface area contributed by atoms with Gasteiger partial charge in [-0.25, -0.2) is 9.36 Å². The Morgan fingerprint density at radius 3 is 3.00 bits per heavy atom. The maximum absolute atomic E-state index is 11.7. The van der Waals surface area contributed by atoms with Crippen LogP contribution in [0.3, 0.4) is 0 Å². The molecule has 1 aromatic heterocycles. The van der Waals surface area contributed by atoms with Crippen molar-refractivity contribution in [1.82, 2.24) is 14.9 Å². The molecule has 0 saturated heterocycles. The number of carbonyl (C=O) groups is 1. The number of amides is 1. The second-order valence-corrected chi connectivity index (χ2v) is 3.94. The molecule has 92 valence electrons. The Bertz CT molecular complexity index is 457. The molecule has 1 heterocycles. The summed E-state index contributed by atoms with van der Waals surface area (Å²) < 4.78 is 6.10. The van der Waals surface area contributed by atoms with Crippen LogP contribution in [0.25, 0.3) is 0 Å². The molecular weight excluding hydrogens is 242 g/mol. The molecule has 0 atom stereocenters. The summed E-state index contributed by atoms with van der Waals surface area (Å²) in [6.07, 6.45) is 1.38. The van der Waals surface area contributed by atoms with Crippen molar-refractivity contribution in [1.29, 1.82) is 0 Å². The molecule has 1 rings (SSSR count). The molecule has 1 aromatic rings. The van der Waals surface area contributed by atoms with Gasteiger partial charge in [-0.05, 0) is 0 Å². The highest BCUT2D eigenvalue weighted by Crippen LogP contribution is 2.14. The molecule has 0 aromatic carbocycles. The van der Waals surface area contributed by atoms with E-state index in [-0.39, 0.29) is 29.7 Å². The highest BCUT2D eigenvalue weighted by atomic mass is 35.5. The number of carbonyl (C=O) groups excluding carboxylic acids is 1. The van der Waals surface area contributed by atoms with Crippen LogP contribution in [0.15, 0.2) is 6.20 Å². The molecule has 1 amide bonds. The summed E-state index contributed by atoms with van der Waals surface area (Å²) >= 11 is 5.67. The Morgan fingerprint density at radius 1 is 1.71 bits per heavy atom. The minimum atomic E-state index is -0.376. The monoisotopic (exact) mass is 255 g/mol. The largest absolute Gasteiger partial charge is 0.468 e. The summed E-state index contributed by atoms with van der Waals surface area (Å²) in [5.41, 5.74) is 0. The number of nitrogens with one attached hydrogen (secondary N) is 1. The molecule has 0 unspecified atom stereocenters. The van der Waals surface area contributed by atoms with Crippen molar-refractivity contribution in [2.45, 2.75) is 13.8 Å². The second kappa shape index (κ2) is 6.16. The van der Waals surface area contributed by atoms with Crippen molar-refractivity contribution >= 4 is 17.6 Å². The average Bonchev–Trinajstić information content (AvgIpc) is 2.65. The minimum absolute atomic E-state index is 0.143. The van der Waals surface area contributed by atoms with Gasteiger partial charge in [0.05, 0.1) is 19.9 Å². The predicted molar refractivity (Wildman–Crippen MR) is 65.2 cm³/mol. The van der Waals surface area contributed by atoms with Crippen LogP contribution < -0.4 is 10.1 Å². The molecule has 0 aliphatic rings. The van der Waals surface area contributed by atoms with Gasteiger partial charge in [-0.15, -0.1) is 0 Å². The zero-order valence-electron chi connectivity index (χ0n) is 9.95. The van der Waals surface area contributed by atoms with E-state index in [0.717, 1.165) is 0 Å². The summed E-state index contributed by atoms with van der Waals surface area (Å²) in [6, 6.07) is -0.233. The van der Waals surface area contributed by atoms with Gasteiger partial charge in [0.15, 0.2) is 5.15 Å². The van der Waals surface area contributed by atoms with E-state index in [1.807, 2.05) is 13.8 Å². The Labute approximate surface area is 105 Å². The van der Waals surface area contributed by atoms with Gasteiger partial charge in [-0.2, -0.15) is 4.98 Å². The summed E-state index contributed by atoms with van der Waals surface area (Å²) in [6.45, 7) is 4.23. The molecule has 0 saturated carbocycles. The van der Waals surface area contributed by atoms with Gasteiger partial charge >= 0.3 is 12.0 Å². The maximum Gasteiger partial charge on any atom is 0.330 e. The van der Waals surface area contributed by atoms with Gasteiger partial charge in [0.2, 0.25) is 0 Å². The first-order valence-corrected chi connectivity index (χ1v) is 5.48. The van der Waals surface area contributed by atoms with E-state index in [2.05, 4.69) is 22.1 Å². The summed E-state index contributed by atoms with van der Waals surface area (Å²) in [7, 11) is 1.42. The number of imidazole rings is 1. The van der Waals surface area contributed by atoms with Crippen LogP contribution >= 0.6 is 11.6 Å². The predicted octanol–water partition coefficient (Wildman–Crippen LogP) is 1.76. The number of aromatic nitrogens is 2. The zero-order chi connectivity index (χ0) is 12.8. The SMILES string of the molecule is COc1nc(Cl)cn1C(=O)NCC#CC(C)C. The Morgan fingerprint density at radius 2 is 2.41 bits per heavy atom. The van der Waals surface area contributed by atoms with Crippen LogP contribution in [-0.2, 0) is 0 Å². The van der Waals surface area contributed by atoms with Gasteiger partial charge in [-0.1, -0.05) is 37.3 Å². The lowest BCUT2D eigenvalue weighted by Gasteiger charge is -2.04. The number of rotatable bonds is 2. The highest BCUT2D eigenvalue weighted by molar-refractivity contribution is 6.29. The van der Waals surface area contributed by atoms with Crippen molar-refractivity contribution in [3.05, 3.63) is 11.3 Å². The summed E-state index contributed by atoms with van der Waals surface area (Å²) in [4.78, 5) is 15.5. The van der Waals surface area contributed by atoms with Gasteiger partial charge in [0, 0.05) is 5.92 Å². The Balaban J connectivity index is 2.62. The van der Waals surface area contributed by atoms with E-state index in [1.54, 1.807) is 0 Å². The average molecular weight is 256 g/mol. The van der Waals surface area contributed by atoms with Crippen molar-refractivity contribution in [3.63, 3.8) is 0 Å². The molecule has 6 heteroatoms. The van der Waals surface area contributed by atoms with E-state index in [9.17, 15) is 4.79 Å². The van der Waals surface area contributed by atoms with Gasteiger partial charge in [0.25, 0.3) is 0 Å². The van der Waals surface area contributed by atoms with Gasteiger partial charge in [-0.3, -0.25) is 0 Å². The number of halogens is 1. The quantitative estimate of drug-likeness (QED) is 0.820. The van der Waals surface area contributed by atoms with E-state index in [1.165, 1.54) is 17.9 Å². The van der Waals surface area contributed by atoms with Crippen LogP contribution in [-0.4, -0.2) is 29.2 Å². The highest BCUT2D eigenvalue weighted by Gasteiger charge is 2.12. The molecule has 17 heavy (non-hydrogen) atoms. The van der Waals surface area contributed by atoms with Crippen molar-refractivity contribution in [2.75, 3.05) is 13.7 Å². The van der Waals surface area contributed by atoms with Gasteiger partial charge < -0.3 is 10.1 Å². The molecule has 0 aliphatic carbocycles. The third kappa shape index (κ3) is 4.00. The maximum atomic E-state index is 11.7. The van der Waals surface area contributed by atoms with Crippen molar-refractivity contribution in [3.8, 4) is 17.9 Å². The topological polar surface area (TPSA) is 56.2 Å². The fraction of sp³-hybridized carbons (Fsp3) is 0.455. The van der Waals surface area contributed by atoms with E-state index in [0.29, 0.717) is 0 Å². The summed E-state index contributed by atoms with van der Waals surface area (Å²) in [5.74, 6) is 6.06. The molecule has 1 N–H and O–H groups in total. The number of hydrogen-bond donors (Lipinski definition) is 1. The fourth-order valence-electron chi connectivity index (χ4n) is 1.09. The first kappa shape index (κ1) is 13.4. The van der Waals surface area contributed by atoms with Crippen molar-refractivity contribution in [2.24, 2.45) is 5.92 Å². The number of hydrogen-bond acceptors (Lipinski definition) is 3. The molecule has 0 fully saturated rings. The van der Waals surface area contributed by atoms with E-state index >= 15 is 0 Å².